The number of hydrogen-bond acceptors (Lipinski definition) is 4. The van der Waals surface area contributed by atoms with E-state index < -0.39 is 5.97 Å². The Balaban J connectivity index is 1.69. The minimum Gasteiger partial charge on any atom is -0.422 e. The predicted octanol–water partition coefficient (Wildman–Crippen LogP) is 4.91. The third kappa shape index (κ3) is 3.78. The zero-order valence-corrected chi connectivity index (χ0v) is 13.5. The number of thiophene rings is 1. The average molecular weight is 331 g/mol. The lowest BCUT2D eigenvalue weighted by molar-refractivity contribution is -0.128. The van der Waals surface area contributed by atoms with Crippen molar-refractivity contribution in [2.24, 2.45) is 0 Å². The van der Waals surface area contributed by atoms with Crippen molar-refractivity contribution in [1.82, 2.24) is 0 Å². The maximum atomic E-state index is 11.9. The molecule has 3 aromatic rings. The van der Waals surface area contributed by atoms with Gasteiger partial charge in [0, 0.05) is 15.8 Å². The standard InChI is InChI=1S/C20H13NO2S/c21-14-16-8-4-5-9-18(16)23-20(22)13-11-17-10-12-19(24-17)15-6-2-1-3-7-15/h1-13H/b13-11+. The summed E-state index contributed by atoms with van der Waals surface area (Å²) in [6.45, 7) is 0. The van der Waals surface area contributed by atoms with E-state index in [-0.39, 0.29) is 5.75 Å². The smallest absolute Gasteiger partial charge is 0.336 e. The Labute approximate surface area is 144 Å². The number of nitriles is 1. The van der Waals surface area contributed by atoms with Crippen LogP contribution in [0.15, 0.2) is 72.8 Å². The molecule has 2 aromatic carbocycles. The zero-order valence-electron chi connectivity index (χ0n) is 12.7. The van der Waals surface area contributed by atoms with Gasteiger partial charge in [-0.3, -0.25) is 0 Å². The van der Waals surface area contributed by atoms with Crippen molar-refractivity contribution >= 4 is 23.4 Å². The van der Waals surface area contributed by atoms with Gasteiger partial charge in [-0.2, -0.15) is 5.26 Å². The van der Waals surface area contributed by atoms with E-state index >= 15 is 0 Å². The van der Waals surface area contributed by atoms with Crippen molar-refractivity contribution in [3.63, 3.8) is 0 Å². The summed E-state index contributed by atoms with van der Waals surface area (Å²) in [6, 6.07) is 22.7. The Bertz CT molecular complexity index is 920. The Morgan fingerprint density at radius 2 is 1.75 bits per heavy atom. The molecule has 0 radical (unpaired) electrons. The van der Waals surface area contributed by atoms with Crippen LogP contribution in [0.2, 0.25) is 0 Å². The predicted molar refractivity (Wildman–Crippen MR) is 95.6 cm³/mol. The number of carbonyl (C=O) groups is 1. The van der Waals surface area contributed by atoms with Crippen LogP contribution in [-0.4, -0.2) is 5.97 Å². The van der Waals surface area contributed by atoms with E-state index in [9.17, 15) is 4.79 Å². The van der Waals surface area contributed by atoms with E-state index in [0.29, 0.717) is 5.56 Å². The van der Waals surface area contributed by atoms with Gasteiger partial charge in [-0.15, -0.1) is 11.3 Å². The molecule has 0 N–H and O–H groups in total. The molecule has 0 amide bonds. The number of rotatable bonds is 4. The summed E-state index contributed by atoms with van der Waals surface area (Å²) >= 11 is 1.59. The molecule has 0 atom stereocenters. The highest BCUT2D eigenvalue weighted by Gasteiger charge is 2.06. The molecule has 0 spiro atoms. The van der Waals surface area contributed by atoms with Crippen LogP contribution < -0.4 is 4.74 Å². The summed E-state index contributed by atoms with van der Waals surface area (Å²) in [4.78, 5) is 14.0. The molecular weight excluding hydrogens is 318 g/mol. The highest BCUT2D eigenvalue weighted by molar-refractivity contribution is 7.16. The molecule has 0 fully saturated rings. The van der Waals surface area contributed by atoms with Crippen LogP contribution in [0.5, 0.6) is 5.75 Å². The third-order valence-corrected chi connectivity index (χ3v) is 4.39. The van der Waals surface area contributed by atoms with Crippen LogP contribution in [0.1, 0.15) is 10.4 Å². The Morgan fingerprint density at radius 3 is 2.54 bits per heavy atom. The first-order valence-electron chi connectivity index (χ1n) is 7.30. The van der Waals surface area contributed by atoms with Gasteiger partial charge in [0.2, 0.25) is 0 Å². The molecule has 0 aliphatic carbocycles. The molecule has 0 bridgehead atoms. The van der Waals surface area contributed by atoms with Gasteiger partial charge in [-0.1, -0.05) is 42.5 Å². The maximum Gasteiger partial charge on any atom is 0.336 e. The van der Waals surface area contributed by atoms with Gasteiger partial charge in [0.05, 0.1) is 5.56 Å². The summed E-state index contributed by atoms with van der Waals surface area (Å²) in [6.07, 6.45) is 3.09. The topological polar surface area (TPSA) is 50.1 Å². The number of hydrogen-bond donors (Lipinski definition) is 0. The number of benzene rings is 2. The van der Waals surface area contributed by atoms with Gasteiger partial charge in [-0.05, 0) is 35.9 Å². The van der Waals surface area contributed by atoms with Gasteiger partial charge < -0.3 is 4.74 Å². The fraction of sp³-hybridized carbons (Fsp3) is 0. The lowest BCUT2D eigenvalue weighted by Gasteiger charge is -2.02. The van der Waals surface area contributed by atoms with E-state index in [0.717, 1.165) is 15.3 Å². The van der Waals surface area contributed by atoms with Crippen molar-refractivity contribution in [3.8, 4) is 22.3 Å². The Morgan fingerprint density at radius 1 is 1.00 bits per heavy atom. The zero-order chi connectivity index (χ0) is 16.8. The van der Waals surface area contributed by atoms with Crippen LogP contribution in [0.4, 0.5) is 0 Å². The molecule has 3 nitrogen and oxygen atoms in total. The van der Waals surface area contributed by atoms with Crippen LogP contribution in [-0.2, 0) is 4.79 Å². The molecule has 0 saturated carbocycles. The summed E-state index contributed by atoms with van der Waals surface area (Å²) in [5.74, 6) is -0.238. The second-order valence-corrected chi connectivity index (χ2v) is 6.05. The fourth-order valence-corrected chi connectivity index (χ4v) is 3.06. The first kappa shape index (κ1) is 15.7. The van der Waals surface area contributed by atoms with E-state index in [1.807, 2.05) is 48.5 Å². The summed E-state index contributed by atoms with van der Waals surface area (Å²) in [5.41, 5.74) is 1.48. The molecule has 1 aromatic heterocycles. The van der Waals surface area contributed by atoms with Crippen molar-refractivity contribution in [1.29, 1.82) is 5.26 Å². The number of carbonyl (C=O) groups excluding carboxylic acids is 1. The number of ether oxygens (including phenoxy) is 1. The quantitative estimate of drug-likeness (QED) is 0.388. The summed E-state index contributed by atoms with van der Waals surface area (Å²) in [5, 5.41) is 8.99. The minimum absolute atomic E-state index is 0.269. The van der Waals surface area contributed by atoms with Crippen molar-refractivity contribution < 1.29 is 9.53 Å². The minimum atomic E-state index is -0.507. The summed E-state index contributed by atoms with van der Waals surface area (Å²) < 4.78 is 5.21. The maximum absolute atomic E-state index is 11.9. The molecular formula is C20H13NO2S. The Kier molecular flexibility index (Phi) is 4.85. The van der Waals surface area contributed by atoms with Gasteiger partial charge >= 0.3 is 5.97 Å². The van der Waals surface area contributed by atoms with Crippen molar-refractivity contribution in [2.75, 3.05) is 0 Å². The third-order valence-electron chi connectivity index (χ3n) is 3.29. The molecule has 24 heavy (non-hydrogen) atoms. The molecule has 0 saturated heterocycles. The lowest BCUT2D eigenvalue weighted by atomic mass is 10.2. The molecule has 4 heteroatoms. The van der Waals surface area contributed by atoms with E-state index in [1.54, 1.807) is 41.7 Å². The van der Waals surface area contributed by atoms with E-state index in [1.165, 1.54) is 6.08 Å². The second kappa shape index (κ2) is 7.40. The lowest BCUT2D eigenvalue weighted by Crippen LogP contribution is -2.04. The monoisotopic (exact) mass is 331 g/mol. The first-order valence-corrected chi connectivity index (χ1v) is 8.12. The highest BCUT2D eigenvalue weighted by atomic mass is 32.1. The van der Waals surface area contributed by atoms with Crippen LogP contribution >= 0.6 is 11.3 Å². The van der Waals surface area contributed by atoms with Crippen LogP contribution in [0.3, 0.4) is 0 Å². The molecule has 0 aliphatic rings. The normalized spacial score (nSPS) is 10.5. The number of para-hydroxylation sites is 1. The van der Waals surface area contributed by atoms with E-state index in [4.69, 9.17) is 10.00 Å². The Hall–Kier alpha value is -3.16. The van der Waals surface area contributed by atoms with Gasteiger partial charge in [0.1, 0.15) is 11.8 Å². The summed E-state index contributed by atoms with van der Waals surface area (Å²) in [7, 11) is 0. The van der Waals surface area contributed by atoms with Crippen molar-refractivity contribution in [3.05, 3.63) is 83.2 Å². The molecule has 0 aliphatic heterocycles. The largest absolute Gasteiger partial charge is 0.422 e. The molecule has 1 heterocycles. The SMILES string of the molecule is N#Cc1ccccc1OC(=O)/C=C/c1ccc(-c2ccccc2)s1. The first-order chi connectivity index (χ1) is 11.8. The molecule has 116 valence electrons. The van der Waals surface area contributed by atoms with Gasteiger partial charge in [0.15, 0.2) is 0 Å². The highest BCUT2D eigenvalue weighted by Crippen LogP contribution is 2.28. The van der Waals surface area contributed by atoms with Crippen LogP contribution in [0.25, 0.3) is 16.5 Å². The number of nitrogens with zero attached hydrogens (tertiary/aromatic N) is 1. The average Bonchev–Trinajstić information content (AvgIpc) is 3.10. The number of esters is 1. The molecule has 0 unspecified atom stereocenters. The van der Waals surface area contributed by atoms with E-state index in [2.05, 4.69) is 0 Å². The molecule has 3 rings (SSSR count). The second-order valence-electron chi connectivity index (χ2n) is 4.93. The van der Waals surface area contributed by atoms with Gasteiger partial charge in [-0.25, -0.2) is 4.79 Å². The van der Waals surface area contributed by atoms with Crippen LogP contribution in [0, 0.1) is 11.3 Å². The van der Waals surface area contributed by atoms with Crippen molar-refractivity contribution in [2.45, 2.75) is 0 Å². The van der Waals surface area contributed by atoms with Gasteiger partial charge in [0.25, 0.3) is 0 Å². The fourth-order valence-electron chi connectivity index (χ4n) is 2.14.